The van der Waals surface area contributed by atoms with Crippen molar-refractivity contribution in [1.82, 2.24) is 0 Å². The number of aryl methyl sites for hydroxylation is 3. The van der Waals surface area contributed by atoms with Gasteiger partial charge in [-0.2, -0.15) is 0 Å². The Labute approximate surface area is 111 Å². The van der Waals surface area contributed by atoms with Gasteiger partial charge in [-0.3, -0.25) is 0 Å². The van der Waals surface area contributed by atoms with Gasteiger partial charge in [0.25, 0.3) is 0 Å². The zero-order chi connectivity index (χ0) is 13.0. The molecule has 0 amide bonds. The SMILES string of the molecule is CCCCCCc1ccc(C)c2ccc(C)c-2c1. The van der Waals surface area contributed by atoms with Gasteiger partial charge in [-0.05, 0) is 54.5 Å². The topological polar surface area (TPSA) is 0 Å². The molecule has 2 aliphatic carbocycles. The second-order valence-corrected chi connectivity index (χ2v) is 5.39. The molecule has 18 heavy (non-hydrogen) atoms. The van der Waals surface area contributed by atoms with Crippen LogP contribution in [0.25, 0.3) is 11.1 Å². The molecule has 0 radical (unpaired) electrons. The van der Waals surface area contributed by atoms with Crippen molar-refractivity contribution in [2.45, 2.75) is 52.9 Å². The first-order valence-corrected chi connectivity index (χ1v) is 7.21. The quantitative estimate of drug-likeness (QED) is 0.603. The summed E-state index contributed by atoms with van der Waals surface area (Å²) in [6.45, 7) is 6.69. The average molecular weight is 240 g/mol. The maximum atomic E-state index is 2.39. The molecule has 0 bridgehead atoms. The molecule has 0 nitrogen and oxygen atoms in total. The second-order valence-electron chi connectivity index (χ2n) is 5.39. The number of rotatable bonds is 5. The molecule has 0 heterocycles. The molecule has 0 atom stereocenters. The summed E-state index contributed by atoms with van der Waals surface area (Å²) >= 11 is 0. The maximum absolute atomic E-state index is 2.39. The van der Waals surface area contributed by atoms with Crippen LogP contribution in [0.5, 0.6) is 0 Å². The average Bonchev–Trinajstić information content (AvgIpc) is 2.64. The van der Waals surface area contributed by atoms with Gasteiger partial charge in [-0.25, -0.2) is 0 Å². The van der Waals surface area contributed by atoms with Crippen LogP contribution in [0.15, 0.2) is 30.3 Å². The number of hydrogen-bond acceptors (Lipinski definition) is 0. The van der Waals surface area contributed by atoms with Gasteiger partial charge in [0.15, 0.2) is 0 Å². The summed E-state index contributed by atoms with van der Waals surface area (Å²) in [5.74, 6) is 0. The molecule has 0 N–H and O–H groups in total. The predicted molar refractivity (Wildman–Crippen MR) is 80.4 cm³/mol. The predicted octanol–water partition coefficient (Wildman–Crippen LogP) is 5.53. The van der Waals surface area contributed by atoms with Crippen LogP contribution in [0.2, 0.25) is 0 Å². The van der Waals surface area contributed by atoms with Gasteiger partial charge in [-0.1, -0.05) is 56.5 Å². The van der Waals surface area contributed by atoms with Crippen molar-refractivity contribution in [1.29, 1.82) is 0 Å². The molecule has 0 heteroatoms. The number of unbranched alkanes of at least 4 members (excludes halogenated alkanes) is 3. The monoisotopic (exact) mass is 240 g/mol. The Hall–Kier alpha value is -1.30. The molecular formula is C18H24. The molecule has 0 aromatic heterocycles. The largest absolute Gasteiger partial charge is 0.0654 e. The lowest BCUT2D eigenvalue weighted by Crippen LogP contribution is -1.84. The number of hydrogen-bond donors (Lipinski definition) is 0. The van der Waals surface area contributed by atoms with E-state index in [9.17, 15) is 0 Å². The normalized spacial score (nSPS) is 11.1. The molecule has 0 spiro atoms. The van der Waals surface area contributed by atoms with Crippen LogP contribution in [0.1, 0.15) is 49.3 Å². The fraction of sp³-hybridized carbons (Fsp3) is 0.444. The smallest absolute Gasteiger partial charge is 0.0149 e. The van der Waals surface area contributed by atoms with E-state index in [4.69, 9.17) is 0 Å². The van der Waals surface area contributed by atoms with Crippen molar-refractivity contribution >= 4 is 0 Å². The van der Waals surface area contributed by atoms with Gasteiger partial charge in [0.05, 0.1) is 0 Å². The van der Waals surface area contributed by atoms with Crippen molar-refractivity contribution in [3.05, 3.63) is 47.0 Å². The Balaban J connectivity index is 2.19. The Morgan fingerprint density at radius 3 is 2.28 bits per heavy atom. The first-order valence-electron chi connectivity index (χ1n) is 7.21. The first kappa shape index (κ1) is 13.1. The van der Waals surface area contributed by atoms with Crippen LogP contribution in [0.3, 0.4) is 0 Å². The summed E-state index contributed by atoms with van der Waals surface area (Å²) in [6, 6.07) is 11.5. The second kappa shape index (κ2) is 6.04. The van der Waals surface area contributed by atoms with Crippen LogP contribution in [-0.2, 0) is 6.42 Å². The standard InChI is InChI=1S/C18H24/c1-4-5-6-7-8-16-11-9-14(2)17-12-10-15(3)18(17)13-16/h9-13H,4-8H2,1-3H3. The van der Waals surface area contributed by atoms with E-state index in [2.05, 4.69) is 51.1 Å². The summed E-state index contributed by atoms with van der Waals surface area (Å²) in [6.07, 6.45) is 6.57. The van der Waals surface area contributed by atoms with Crippen molar-refractivity contribution < 1.29 is 0 Å². The third kappa shape index (κ3) is 2.93. The highest BCUT2D eigenvalue weighted by atomic mass is 14.1. The Kier molecular flexibility index (Phi) is 4.41. The van der Waals surface area contributed by atoms with E-state index >= 15 is 0 Å². The zero-order valence-electron chi connectivity index (χ0n) is 11.9. The van der Waals surface area contributed by atoms with Crippen LogP contribution in [-0.4, -0.2) is 0 Å². The van der Waals surface area contributed by atoms with Crippen LogP contribution < -0.4 is 0 Å². The summed E-state index contributed by atoms with van der Waals surface area (Å²) in [7, 11) is 0. The molecule has 0 unspecified atom stereocenters. The summed E-state index contributed by atoms with van der Waals surface area (Å²) in [5.41, 5.74) is 7.12. The lowest BCUT2D eigenvalue weighted by molar-refractivity contribution is 0.667. The number of fused-ring (bicyclic) bond motifs is 1. The van der Waals surface area contributed by atoms with E-state index in [1.54, 1.807) is 0 Å². The molecule has 0 aliphatic heterocycles. The molecule has 0 aromatic carbocycles. The highest BCUT2D eigenvalue weighted by Gasteiger charge is 2.08. The van der Waals surface area contributed by atoms with E-state index in [1.165, 1.54) is 59.9 Å². The lowest BCUT2D eigenvalue weighted by atomic mass is 10.0. The molecule has 0 fully saturated rings. The third-order valence-electron chi connectivity index (χ3n) is 3.84. The Bertz CT molecular complexity index is 482. The minimum atomic E-state index is 1.22. The van der Waals surface area contributed by atoms with Crippen molar-refractivity contribution in [2.24, 2.45) is 0 Å². The van der Waals surface area contributed by atoms with Crippen LogP contribution >= 0.6 is 0 Å². The molecule has 0 aromatic rings. The fourth-order valence-corrected chi connectivity index (χ4v) is 2.60. The highest BCUT2D eigenvalue weighted by Crippen LogP contribution is 2.30. The van der Waals surface area contributed by atoms with Gasteiger partial charge in [0, 0.05) is 0 Å². The van der Waals surface area contributed by atoms with Crippen molar-refractivity contribution in [2.75, 3.05) is 0 Å². The summed E-state index contributed by atoms with van der Waals surface area (Å²) < 4.78 is 0. The van der Waals surface area contributed by atoms with Crippen LogP contribution in [0.4, 0.5) is 0 Å². The Morgan fingerprint density at radius 2 is 1.50 bits per heavy atom. The van der Waals surface area contributed by atoms with Crippen molar-refractivity contribution in [3.63, 3.8) is 0 Å². The highest BCUT2D eigenvalue weighted by molar-refractivity contribution is 5.73. The summed E-state index contributed by atoms with van der Waals surface area (Å²) in [5, 5.41) is 0. The van der Waals surface area contributed by atoms with E-state index < -0.39 is 0 Å². The van der Waals surface area contributed by atoms with Gasteiger partial charge >= 0.3 is 0 Å². The van der Waals surface area contributed by atoms with Crippen LogP contribution in [0, 0.1) is 13.8 Å². The van der Waals surface area contributed by atoms with E-state index in [-0.39, 0.29) is 0 Å². The van der Waals surface area contributed by atoms with Gasteiger partial charge < -0.3 is 0 Å². The third-order valence-corrected chi connectivity index (χ3v) is 3.84. The fourth-order valence-electron chi connectivity index (χ4n) is 2.60. The minimum absolute atomic E-state index is 1.22. The molecular weight excluding hydrogens is 216 g/mol. The lowest BCUT2D eigenvalue weighted by Gasteiger charge is -2.01. The van der Waals surface area contributed by atoms with Gasteiger partial charge in [-0.15, -0.1) is 0 Å². The summed E-state index contributed by atoms with van der Waals surface area (Å²) in [4.78, 5) is 0. The molecule has 0 saturated heterocycles. The molecule has 2 rings (SSSR count). The Morgan fingerprint density at radius 1 is 0.778 bits per heavy atom. The van der Waals surface area contributed by atoms with E-state index in [0.717, 1.165) is 0 Å². The molecule has 2 aliphatic rings. The first-order chi connectivity index (χ1) is 8.72. The van der Waals surface area contributed by atoms with Gasteiger partial charge in [0.2, 0.25) is 0 Å². The van der Waals surface area contributed by atoms with E-state index in [0.29, 0.717) is 0 Å². The maximum Gasteiger partial charge on any atom is -0.0149 e. The zero-order valence-corrected chi connectivity index (χ0v) is 11.9. The molecule has 0 saturated carbocycles. The molecule has 96 valence electrons. The minimum Gasteiger partial charge on any atom is -0.0654 e. The van der Waals surface area contributed by atoms with Crippen molar-refractivity contribution in [3.8, 4) is 11.1 Å². The van der Waals surface area contributed by atoms with Gasteiger partial charge in [0.1, 0.15) is 0 Å². The van der Waals surface area contributed by atoms with E-state index in [1.807, 2.05) is 0 Å².